The molecule has 6 nitrogen and oxygen atoms in total. The van der Waals surface area contributed by atoms with Crippen LogP contribution in [-0.2, 0) is 14.3 Å². The van der Waals surface area contributed by atoms with Crippen LogP contribution in [0.25, 0.3) is 0 Å². The van der Waals surface area contributed by atoms with Crippen molar-refractivity contribution in [2.45, 2.75) is 26.2 Å². The minimum absolute atomic E-state index is 0.106. The number of aromatic nitrogens is 1. The Kier molecular flexibility index (Phi) is 4.00. The summed E-state index contributed by atoms with van der Waals surface area (Å²) in [5.41, 5.74) is 0.711. The molecule has 6 heteroatoms. The SMILES string of the molecule is COC(=O)c1ccc(N2CC3CCCC3(C(=O)OC)C2)nc1C. The fourth-order valence-corrected chi connectivity index (χ4v) is 4.05. The molecule has 2 unspecified atom stereocenters. The minimum atomic E-state index is -0.397. The number of fused-ring (bicyclic) bond motifs is 1. The molecule has 1 aliphatic carbocycles. The number of esters is 2. The first-order chi connectivity index (χ1) is 11.0. The number of carbonyl (C=O) groups is 2. The zero-order valence-electron chi connectivity index (χ0n) is 13.8. The Morgan fingerprint density at radius 3 is 2.74 bits per heavy atom. The Morgan fingerprint density at radius 1 is 1.30 bits per heavy atom. The molecule has 1 saturated carbocycles. The molecule has 1 aromatic rings. The molecule has 1 saturated heterocycles. The third-order valence-corrected chi connectivity index (χ3v) is 5.26. The van der Waals surface area contributed by atoms with Crippen LogP contribution in [0.5, 0.6) is 0 Å². The second-order valence-electron chi connectivity index (χ2n) is 6.41. The number of nitrogens with zero attached hydrogens (tertiary/aromatic N) is 2. The average molecular weight is 318 g/mol. The van der Waals surface area contributed by atoms with Gasteiger partial charge in [0.25, 0.3) is 0 Å². The third kappa shape index (κ3) is 2.46. The van der Waals surface area contributed by atoms with Gasteiger partial charge in [0.1, 0.15) is 5.82 Å². The highest BCUT2D eigenvalue weighted by molar-refractivity contribution is 5.90. The molecular weight excluding hydrogens is 296 g/mol. The van der Waals surface area contributed by atoms with Crippen LogP contribution in [0.1, 0.15) is 35.3 Å². The van der Waals surface area contributed by atoms with Gasteiger partial charge in [-0.25, -0.2) is 9.78 Å². The Morgan fingerprint density at radius 2 is 2.09 bits per heavy atom. The summed E-state index contributed by atoms with van der Waals surface area (Å²) in [6.07, 6.45) is 2.99. The average Bonchev–Trinajstić information content (AvgIpc) is 3.11. The summed E-state index contributed by atoms with van der Waals surface area (Å²) < 4.78 is 9.82. The van der Waals surface area contributed by atoms with Gasteiger partial charge >= 0.3 is 11.9 Å². The molecule has 23 heavy (non-hydrogen) atoms. The Labute approximate surface area is 135 Å². The summed E-state index contributed by atoms with van der Waals surface area (Å²) in [5, 5.41) is 0. The van der Waals surface area contributed by atoms with Crippen LogP contribution in [0.15, 0.2) is 12.1 Å². The maximum absolute atomic E-state index is 12.3. The third-order valence-electron chi connectivity index (χ3n) is 5.26. The van der Waals surface area contributed by atoms with Crippen LogP contribution in [0.2, 0.25) is 0 Å². The Bertz CT molecular complexity index is 645. The lowest BCUT2D eigenvalue weighted by molar-refractivity contribution is -0.152. The largest absolute Gasteiger partial charge is 0.469 e. The van der Waals surface area contributed by atoms with E-state index in [1.54, 1.807) is 13.0 Å². The van der Waals surface area contributed by atoms with Crippen LogP contribution in [-0.4, -0.2) is 44.2 Å². The number of anilines is 1. The molecule has 1 aliphatic heterocycles. The van der Waals surface area contributed by atoms with E-state index < -0.39 is 5.41 Å². The highest BCUT2D eigenvalue weighted by atomic mass is 16.5. The van der Waals surface area contributed by atoms with E-state index >= 15 is 0 Å². The number of carbonyl (C=O) groups excluding carboxylic acids is 2. The fourth-order valence-electron chi connectivity index (χ4n) is 4.05. The molecular formula is C17H22N2O4. The molecule has 0 radical (unpaired) electrons. The highest BCUT2D eigenvalue weighted by Gasteiger charge is 2.55. The van der Waals surface area contributed by atoms with Crippen molar-refractivity contribution in [1.82, 2.24) is 4.98 Å². The summed E-state index contributed by atoms with van der Waals surface area (Å²) in [4.78, 5) is 30.7. The highest BCUT2D eigenvalue weighted by Crippen LogP contribution is 2.50. The first-order valence-corrected chi connectivity index (χ1v) is 7.91. The van der Waals surface area contributed by atoms with Crippen molar-refractivity contribution < 1.29 is 19.1 Å². The zero-order chi connectivity index (χ0) is 16.6. The van der Waals surface area contributed by atoms with E-state index in [2.05, 4.69) is 9.88 Å². The van der Waals surface area contributed by atoms with Gasteiger partial charge in [-0.2, -0.15) is 0 Å². The van der Waals surface area contributed by atoms with Gasteiger partial charge in [0.05, 0.1) is 30.9 Å². The van der Waals surface area contributed by atoms with E-state index in [0.29, 0.717) is 23.7 Å². The maximum atomic E-state index is 12.3. The van der Waals surface area contributed by atoms with Gasteiger partial charge in [-0.15, -0.1) is 0 Å². The van der Waals surface area contributed by atoms with Crippen LogP contribution >= 0.6 is 0 Å². The summed E-state index contributed by atoms with van der Waals surface area (Å²) in [5.74, 6) is 0.626. The van der Waals surface area contributed by atoms with Crippen molar-refractivity contribution in [1.29, 1.82) is 0 Å². The van der Waals surface area contributed by atoms with E-state index in [0.717, 1.165) is 31.6 Å². The van der Waals surface area contributed by atoms with E-state index in [9.17, 15) is 9.59 Å². The molecule has 0 aromatic carbocycles. The van der Waals surface area contributed by atoms with Crippen molar-refractivity contribution in [2.24, 2.45) is 11.3 Å². The fraction of sp³-hybridized carbons (Fsp3) is 0.588. The second kappa shape index (κ2) is 5.83. The van der Waals surface area contributed by atoms with Gasteiger partial charge in [0, 0.05) is 13.1 Å². The molecule has 0 bridgehead atoms. The number of hydrogen-bond acceptors (Lipinski definition) is 6. The standard InChI is InChI=1S/C17H22N2O4/c1-11-13(15(20)22-2)6-7-14(18-11)19-9-12-5-4-8-17(12,10-19)16(21)23-3/h6-7,12H,4-5,8-10H2,1-3H3. The Hall–Kier alpha value is -2.11. The molecule has 2 atom stereocenters. The smallest absolute Gasteiger partial charge is 0.339 e. The number of hydrogen-bond donors (Lipinski definition) is 0. The van der Waals surface area contributed by atoms with Crippen LogP contribution in [0.4, 0.5) is 5.82 Å². The molecule has 0 N–H and O–H groups in total. The first kappa shape index (κ1) is 15.8. The van der Waals surface area contributed by atoms with Crippen molar-refractivity contribution in [2.75, 3.05) is 32.2 Å². The predicted octanol–water partition coefficient (Wildman–Crippen LogP) is 1.96. The molecule has 2 fully saturated rings. The van der Waals surface area contributed by atoms with E-state index in [4.69, 9.17) is 9.47 Å². The van der Waals surface area contributed by atoms with Crippen LogP contribution < -0.4 is 4.90 Å². The van der Waals surface area contributed by atoms with Crippen molar-refractivity contribution >= 4 is 17.8 Å². The topological polar surface area (TPSA) is 68.7 Å². The first-order valence-electron chi connectivity index (χ1n) is 7.91. The molecule has 0 spiro atoms. The lowest BCUT2D eigenvalue weighted by Gasteiger charge is -2.25. The van der Waals surface area contributed by atoms with Gasteiger partial charge in [-0.1, -0.05) is 6.42 Å². The summed E-state index contributed by atoms with van der Waals surface area (Å²) >= 11 is 0. The molecule has 2 aliphatic rings. The van der Waals surface area contributed by atoms with Crippen LogP contribution in [0.3, 0.4) is 0 Å². The maximum Gasteiger partial charge on any atom is 0.339 e. The monoisotopic (exact) mass is 318 g/mol. The normalized spacial score (nSPS) is 26.0. The van der Waals surface area contributed by atoms with Gasteiger partial charge < -0.3 is 14.4 Å². The quantitative estimate of drug-likeness (QED) is 0.794. The summed E-state index contributed by atoms with van der Waals surface area (Å²) in [7, 11) is 2.82. The zero-order valence-corrected chi connectivity index (χ0v) is 13.8. The van der Waals surface area contributed by atoms with Crippen LogP contribution in [0, 0.1) is 18.3 Å². The van der Waals surface area contributed by atoms with Gasteiger partial charge in [0.15, 0.2) is 0 Å². The lowest BCUT2D eigenvalue weighted by atomic mass is 9.81. The van der Waals surface area contributed by atoms with Crippen molar-refractivity contribution in [3.05, 3.63) is 23.4 Å². The summed E-state index contributed by atoms with van der Waals surface area (Å²) in [6.45, 7) is 3.23. The van der Waals surface area contributed by atoms with E-state index in [1.807, 2.05) is 6.07 Å². The number of methoxy groups -OCH3 is 2. The van der Waals surface area contributed by atoms with Gasteiger partial charge in [-0.3, -0.25) is 4.79 Å². The molecule has 124 valence electrons. The van der Waals surface area contributed by atoms with Gasteiger partial charge in [-0.05, 0) is 37.8 Å². The Balaban J connectivity index is 1.86. The van der Waals surface area contributed by atoms with E-state index in [1.165, 1.54) is 14.2 Å². The van der Waals surface area contributed by atoms with E-state index in [-0.39, 0.29) is 11.9 Å². The molecule has 0 amide bonds. The van der Waals surface area contributed by atoms with Crippen molar-refractivity contribution in [3.8, 4) is 0 Å². The number of pyridine rings is 1. The lowest BCUT2D eigenvalue weighted by Crippen LogP contribution is -2.37. The second-order valence-corrected chi connectivity index (χ2v) is 6.41. The number of rotatable bonds is 3. The number of aryl methyl sites for hydroxylation is 1. The molecule has 1 aromatic heterocycles. The molecule has 3 rings (SSSR count). The predicted molar refractivity (Wildman–Crippen MR) is 84.3 cm³/mol. The number of ether oxygens (including phenoxy) is 2. The van der Waals surface area contributed by atoms with Crippen molar-refractivity contribution in [3.63, 3.8) is 0 Å². The van der Waals surface area contributed by atoms with Gasteiger partial charge in [0.2, 0.25) is 0 Å². The summed E-state index contributed by atoms with van der Waals surface area (Å²) in [6, 6.07) is 3.56. The minimum Gasteiger partial charge on any atom is -0.469 e. The molecule has 2 heterocycles.